The lowest BCUT2D eigenvalue weighted by Crippen LogP contribution is -2.20. The largest absolute Gasteiger partial charge is 0.364 e. The fourth-order valence-electron chi connectivity index (χ4n) is 2.75. The zero-order valence-corrected chi connectivity index (χ0v) is 12.9. The second kappa shape index (κ2) is 5.95. The summed E-state index contributed by atoms with van der Waals surface area (Å²) in [6.45, 7) is 2.62. The molecule has 3 heterocycles. The summed E-state index contributed by atoms with van der Waals surface area (Å²) >= 11 is 0. The number of nitrogens with zero attached hydrogens (tertiary/aromatic N) is 2. The molecular formula is C16H15F2N3O3. The minimum absolute atomic E-state index is 0.00227. The molecule has 0 saturated carbocycles. The summed E-state index contributed by atoms with van der Waals surface area (Å²) in [5.74, 6) is -1.79. The maximum atomic E-state index is 14.3. The summed E-state index contributed by atoms with van der Waals surface area (Å²) in [5.41, 5.74) is 0.737. The number of halogens is 2. The Labute approximate surface area is 136 Å². The number of rotatable bonds is 5. The number of benzene rings is 1. The van der Waals surface area contributed by atoms with Crippen molar-refractivity contribution in [1.82, 2.24) is 5.16 Å². The quantitative estimate of drug-likeness (QED) is 0.908. The van der Waals surface area contributed by atoms with Crippen LogP contribution in [0, 0.1) is 11.6 Å². The maximum absolute atomic E-state index is 14.3. The van der Waals surface area contributed by atoms with Crippen molar-refractivity contribution in [3.8, 4) is 0 Å². The molecule has 1 N–H and O–H groups in total. The van der Waals surface area contributed by atoms with Crippen LogP contribution in [0.4, 0.5) is 14.6 Å². The Kier molecular flexibility index (Phi) is 3.78. The number of anilines is 1. The first-order chi connectivity index (χ1) is 11.6. The number of ether oxygens (including phenoxy) is 2. The lowest BCUT2D eigenvalue weighted by molar-refractivity contribution is -0.0467. The van der Waals surface area contributed by atoms with Crippen molar-refractivity contribution >= 4 is 22.5 Å². The smallest absolute Gasteiger partial charge is 0.207 e. The Balaban J connectivity index is 1.66. The molecule has 1 aromatic carbocycles. The van der Waals surface area contributed by atoms with E-state index in [4.69, 9.17) is 14.0 Å². The van der Waals surface area contributed by atoms with E-state index in [1.54, 1.807) is 6.20 Å². The molecule has 126 valence electrons. The molecule has 8 heteroatoms. The zero-order chi connectivity index (χ0) is 16.7. The van der Waals surface area contributed by atoms with Crippen molar-refractivity contribution in [1.29, 1.82) is 0 Å². The van der Waals surface area contributed by atoms with E-state index in [1.165, 1.54) is 6.07 Å². The van der Waals surface area contributed by atoms with Gasteiger partial charge in [-0.3, -0.25) is 4.99 Å². The van der Waals surface area contributed by atoms with Crippen LogP contribution in [-0.4, -0.2) is 30.1 Å². The molecule has 0 bridgehead atoms. The van der Waals surface area contributed by atoms with E-state index in [9.17, 15) is 8.78 Å². The van der Waals surface area contributed by atoms with Crippen LogP contribution in [0.2, 0.25) is 0 Å². The number of hydrogen-bond donors (Lipinski definition) is 1. The molecule has 2 aromatic rings. The predicted molar refractivity (Wildman–Crippen MR) is 82.8 cm³/mol. The Morgan fingerprint density at radius 2 is 2.04 bits per heavy atom. The van der Waals surface area contributed by atoms with Gasteiger partial charge in [-0.1, -0.05) is 5.16 Å². The topological polar surface area (TPSA) is 68.9 Å². The minimum Gasteiger partial charge on any atom is -0.364 e. The summed E-state index contributed by atoms with van der Waals surface area (Å²) in [7, 11) is 0. The highest BCUT2D eigenvalue weighted by molar-refractivity contribution is 6.00. The van der Waals surface area contributed by atoms with Crippen LogP contribution in [-0.2, 0) is 9.47 Å². The molecular weight excluding hydrogens is 320 g/mol. The molecule has 1 atom stereocenters. The average molecular weight is 335 g/mol. The highest BCUT2D eigenvalue weighted by Crippen LogP contribution is 2.34. The first-order valence-corrected chi connectivity index (χ1v) is 7.63. The van der Waals surface area contributed by atoms with Gasteiger partial charge in [0, 0.05) is 29.9 Å². The Morgan fingerprint density at radius 3 is 2.71 bits per heavy atom. The van der Waals surface area contributed by atoms with Crippen molar-refractivity contribution in [3.05, 3.63) is 35.5 Å². The van der Waals surface area contributed by atoms with Gasteiger partial charge >= 0.3 is 0 Å². The molecule has 1 unspecified atom stereocenters. The lowest BCUT2D eigenvalue weighted by Gasteiger charge is -2.15. The standard InChI is InChI=1S/C16H15F2N3O3/c1-8(6-9-2-3-19-9)20-15-11-7-10(16-22-4-5-23-16)12(17)13(18)14(11)24-21-15/h2-3,7-8,16H,4-6H2,1H3,(H,20,21). The van der Waals surface area contributed by atoms with E-state index in [1.807, 2.05) is 13.0 Å². The number of aliphatic imine (C=N–C) groups is 1. The van der Waals surface area contributed by atoms with Gasteiger partial charge in [0.15, 0.2) is 17.9 Å². The summed E-state index contributed by atoms with van der Waals surface area (Å²) < 4.78 is 44.0. The normalized spacial score (nSPS) is 18.7. The molecule has 6 nitrogen and oxygen atoms in total. The van der Waals surface area contributed by atoms with Crippen LogP contribution in [0.15, 0.2) is 27.9 Å². The van der Waals surface area contributed by atoms with Crippen LogP contribution in [0.1, 0.15) is 25.2 Å². The van der Waals surface area contributed by atoms with E-state index in [-0.39, 0.29) is 17.2 Å². The second-order valence-corrected chi connectivity index (χ2v) is 5.76. The Morgan fingerprint density at radius 1 is 1.29 bits per heavy atom. The van der Waals surface area contributed by atoms with Crippen molar-refractivity contribution in [2.45, 2.75) is 25.7 Å². The van der Waals surface area contributed by atoms with E-state index in [2.05, 4.69) is 15.5 Å². The van der Waals surface area contributed by atoms with Crippen LogP contribution in [0.25, 0.3) is 11.0 Å². The fraction of sp³-hybridized carbons (Fsp3) is 0.375. The summed E-state index contributed by atoms with van der Waals surface area (Å²) in [5, 5.41) is 7.31. The molecule has 1 aromatic heterocycles. The third kappa shape index (κ3) is 2.57. The SMILES string of the molecule is CC(CC1=NC=C1)Nc1noc2c(F)c(F)c(C3OCCO3)cc12. The van der Waals surface area contributed by atoms with E-state index in [0.29, 0.717) is 30.8 Å². The van der Waals surface area contributed by atoms with Crippen LogP contribution in [0.5, 0.6) is 0 Å². The number of hydrogen-bond acceptors (Lipinski definition) is 6. The third-order valence-corrected chi connectivity index (χ3v) is 3.95. The summed E-state index contributed by atoms with van der Waals surface area (Å²) in [6.07, 6.45) is 3.41. The molecule has 0 aliphatic carbocycles. The summed E-state index contributed by atoms with van der Waals surface area (Å²) in [6, 6.07) is 1.45. The highest BCUT2D eigenvalue weighted by atomic mass is 19.2. The molecule has 24 heavy (non-hydrogen) atoms. The van der Waals surface area contributed by atoms with Gasteiger partial charge in [0.05, 0.1) is 18.6 Å². The van der Waals surface area contributed by atoms with Crippen molar-refractivity contribution in [3.63, 3.8) is 0 Å². The molecule has 0 spiro atoms. The second-order valence-electron chi connectivity index (χ2n) is 5.76. The van der Waals surface area contributed by atoms with Gasteiger partial charge in [0.2, 0.25) is 11.4 Å². The molecule has 0 radical (unpaired) electrons. The fourth-order valence-corrected chi connectivity index (χ4v) is 2.75. The van der Waals surface area contributed by atoms with Gasteiger partial charge in [0.25, 0.3) is 0 Å². The van der Waals surface area contributed by atoms with Gasteiger partial charge in [-0.05, 0) is 19.1 Å². The van der Waals surface area contributed by atoms with Crippen LogP contribution < -0.4 is 5.32 Å². The van der Waals surface area contributed by atoms with Gasteiger partial charge in [-0.15, -0.1) is 0 Å². The molecule has 4 rings (SSSR count). The third-order valence-electron chi connectivity index (χ3n) is 3.95. The van der Waals surface area contributed by atoms with E-state index in [0.717, 1.165) is 5.71 Å². The highest BCUT2D eigenvalue weighted by Gasteiger charge is 2.28. The van der Waals surface area contributed by atoms with Crippen LogP contribution >= 0.6 is 0 Å². The summed E-state index contributed by atoms with van der Waals surface area (Å²) in [4.78, 5) is 4.10. The van der Waals surface area contributed by atoms with E-state index < -0.39 is 17.9 Å². The maximum Gasteiger partial charge on any atom is 0.207 e. The van der Waals surface area contributed by atoms with Gasteiger partial charge in [-0.2, -0.15) is 4.39 Å². The van der Waals surface area contributed by atoms with Gasteiger partial charge < -0.3 is 19.3 Å². The average Bonchev–Trinajstić information content (AvgIpc) is 3.17. The zero-order valence-electron chi connectivity index (χ0n) is 12.9. The minimum atomic E-state index is -1.10. The first kappa shape index (κ1) is 15.2. The molecule has 2 aliphatic rings. The first-order valence-electron chi connectivity index (χ1n) is 7.63. The molecule has 1 saturated heterocycles. The number of allylic oxidation sites excluding steroid dienone is 1. The van der Waals surface area contributed by atoms with E-state index >= 15 is 0 Å². The predicted octanol–water partition coefficient (Wildman–Crippen LogP) is 3.31. The van der Waals surface area contributed by atoms with Crippen molar-refractivity contribution in [2.24, 2.45) is 4.99 Å². The monoisotopic (exact) mass is 335 g/mol. The Hall–Kier alpha value is -2.32. The molecule has 0 amide bonds. The van der Waals surface area contributed by atoms with Gasteiger partial charge in [0.1, 0.15) is 0 Å². The molecule has 2 aliphatic heterocycles. The van der Waals surface area contributed by atoms with Crippen molar-refractivity contribution in [2.75, 3.05) is 18.5 Å². The van der Waals surface area contributed by atoms with Gasteiger partial charge in [-0.25, -0.2) is 4.39 Å². The number of aromatic nitrogens is 1. The molecule has 1 fully saturated rings. The van der Waals surface area contributed by atoms with Crippen LogP contribution in [0.3, 0.4) is 0 Å². The Bertz CT molecular complexity index is 841. The number of fused-ring (bicyclic) bond motifs is 1. The van der Waals surface area contributed by atoms with Crippen molar-refractivity contribution < 1.29 is 22.8 Å². The lowest BCUT2D eigenvalue weighted by atomic mass is 10.1. The number of nitrogens with one attached hydrogen (secondary N) is 1.